The van der Waals surface area contributed by atoms with Gasteiger partial charge in [0.2, 0.25) is 17.7 Å². The average Bonchev–Trinajstić information content (AvgIpc) is 3.31. The van der Waals surface area contributed by atoms with Crippen LogP contribution in [-0.2, 0) is 20.8 Å². The van der Waals surface area contributed by atoms with E-state index in [4.69, 9.17) is 0 Å². The molecule has 9 heteroatoms. The predicted molar refractivity (Wildman–Crippen MR) is 129 cm³/mol. The third-order valence-corrected chi connectivity index (χ3v) is 7.30. The van der Waals surface area contributed by atoms with Crippen molar-refractivity contribution in [1.29, 1.82) is 0 Å². The van der Waals surface area contributed by atoms with Crippen LogP contribution in [0.1, 0.15) is 25.8 Å². The van der Waals surface area contributed by atoms with Crippen LogP contribution in [0.3, 0.4) is 0 Å². The second-order valence-corrected chi connectivity index (χ2v) is 10.2. The monoisotopic (exact) mass is 476 g/mol. The van der Waals surface area contributed by atoms with Crippen LogP contribution in [0.25, 0.3) is 0 Å². The zero-order valence-electron chi connectivity index (χ0n) is 18.5. The lowest BCUT2D eigenvalue weighted by Crippen LogP contribution is -2.51. The number of thioether (sulfide) groups is 1. The van der Waals surface area contributed by atoms with E-state index in [9.17, 15) is 19.6 Å². The fourth-order valence-electron chi connectivity index (χ4n) is 3.44. The normalized spacial score (nSPS) is 13.8. The van der Waals surface area contributed by atoms with Gasteiger partial charge < -0.3 is 21.3 Å². The van der Waals surface area contributed by atoms with Crippen LogP contribution < -0.4 is 16.1 Å². The largest absolute Gasteiger partial charge is 0.759 e. The average molecular weight is 477 g/mol. The van der Waals surface area contributed by atoms with E-state index in [1.54, 1.807) is 0 Å². The van der Waals surface area contributed by atoms with Gasteiger partial charge in [0.05, 0.1) is 16.0 Å². The van der Waals surface area contributed by atoms with Gasteiger partial charge in [-0.15, -0.1) is 23.1 Å². The minimum Gasteiger partial charge on any atom is -0.759 e. The third kappa shape index (κ3) is 7.96. The summed E-state index contributed by atoms with van der Waals surface area (Å²) in [5.74, 6) is -2.57. The van der Waals surface area contributed by atoms with Crippen molar-refractivity contribution in [2.24, 2.45) is 17.8 Å². The lowest BCUT2D eigenvalue weighted by Gasteiger charge is -2.29. The Balaban J connectivity index is 2.23. The first-order valence-corrected chi connectivity index (χ1v) is 12.4. The SMILES string of the molecule is CNC(=O)[C@H](Cc1ccccc1)NC(=O)[C@H](CC(C)C)[C@H](CSc1cccs1)C(=O)N[O-]. The molecular formula is C23H30N3O4S2-. The van der Waals surface area contributed by atoms with E-state index in [2.05, 4.69) is 10.6 Å². The smallest absolute Gasteiger partial charge is 0.242 e. The number of hydrogen-bond donors (Lipinski definition) is 3. The molecule has 0 saturated carbocycles. The molecule has 3 atom stereocenters. The number of hydrogen-bond acceptors (Lipinski definition) is 6. The molecule has 174 valence electrons. The number of likely N-dealkylation sites (N-methyl/N-ethyl adjacent to an activating group) is 1. The molecule has 3 N–H and O–H groups in total. The molecule has 1 aromatic heterocycles. The van der Waals surface area contributed by atoms with Crippen LogP contribution in [0.2, 0.25) is 0 Å². The van der Waals surface area contributed by atoms with Crippen LogP contribution in [0, 0.1) is 23.0 Å². The van der Waals surface area contributed by atoms with E-state index in [1.165, 1.54) is 35.6 Å². The van der Waals surface area contributed by atoms with Crippen molar-refractivity contribution in [1.82, 2.24) is 16.1 Å². The highest BCUT2D eigenvalue weighted by molar-refractivity contribution is 8.01. The summed E-state index contributed by atoms with van der Waals surface area (Å²) in [5.41, 5.74) is 2.38. The van der Waals surface area contributed by atoms with Crippen LogP contribution >= 0.6 is 23.1 Å². The first kappa shape index (κ1) is 25.9. The highest BCUT2D eigenvalue weighted by Crippen LogP contribution is 2.31. The number of benzene rings is 1. The van der Waals surface area contributed by atoms with Gasteiger partial charge in [-0.1, -0.05) is 50.2 Å². The van der Waals surface area contributed by atoms with Crippen molar-refractivity contribution in [2.45, 2.75) is 36.9 Å². The summed E-state index contributed by atoms with van der Waals surface area (Å²) in [6.07, 6.45) is 0.740. The highest BCUT2D eigenvalue weighted by Gasteiger charge is 2.35. The van der Waals surface area contributed by atoms with Crippen LogP contribution in [0.15, 0.2) is 52.1 Å². The van der Waals surface area contributed by atoms with Gasteiger partial charge in [0.15, 0.2) is 0 Å². The molecule has 32 heavy (non-hydrogen) atoms. The molecule has 7 nitrogen and oxygen atoms in total. The molecule has 0 spiro atoms. The highest BCUT2D eigenvalue weighted by atomic mass is 32.2. The lowest BCUT2D eigenvalue weighted by atomic mass is 9.84. The van der Waals surface area contributed by atoms with Crippen molar-refractivity contribution in [3.63, 3.8) is 0 Å². The van der Waals surface area contributed by atoms with Crippen molar-refractivity contribution in [3.8, 4) is 0 Å². The van der Waals surface area contributed by atoms with Crippen molar-refractivity contribution in [2.75, 3.05) is 12.8 Å². The van der Waals surface area contributed by atoms with Gasteiger partial charge >= 0.3 is 0 Å². The molecule has 2 rings (SSSR count). The fraction of sp³-hybridized carbons (Fsp3) is 0.435. The van der Waals surface area contributed by atoms with Gasteiger partial charge in [-0.2, -0.15) is 0 Å². The summed E-state index contributed by atoms with van der Waals surface area (Å²) >= 11 is 2.98. The summed E-state index contributed by atoms with van der Waals surface area (Å²) in [4.78, 5) is 38.3. The molecule has 1 heterocycles. The second kappa shape index (κ2) is 13.2. The Morgan fingerprint density at radius 1 is 1.00 bits per heavy atom. The molecule has 0 bridgehead atoms. The summed E-state index contributed by atoms with van der Waals surface area (Å²) in [5, 5.41) is 18.6. The quantitative estimate of drug-likeness (QED) is 0.322. The molecule has 0 aliphatic rings. The van der Waals surface area contributed by atoms with Crippen LogP contribution in [0.4, 0.5) is 0 Å². The van der Waals surface area contributed by atoms with Crippen LogP contribution in [-0.4, -0.2) is 36.6 Å². The molecule has 0 fully saturated rings. The molecule has 0 unspecified atom stereocenters. The maximum Gasteiger partial charge on any atom is 0.242 e. The molecule has 2 aromatic rings. The van der Waals surface area contributed by atoms with E-state index < -0.39 is 29.7 Å². The summed E-state index contributed by atoms with van der Waals surface area (Å²) in [7, 11) is 1.52. The Morgan fingerprint density at radius 2 is 1.72 bits per heavy atom. The number of nitrogens with one attached hydrogen (secondary N) is 3. The maximum absolute atomic E-state index is 13.3. The molecule has 0 aliphatic heterocycles. The van der Waals surface area contributed by atoms with E-state index in [-0.39, 0.29) is 11.8 Å². The van der Waals surface area contributed by atoms with Crippen molar-refractivity contribution < 1.29 is 14.4 Å². The lowest BCUT2D eigenvalue weighted by molar-refractivity contribution is -0.136. The van der Waals surface area contributed by atoms with E-state index in [0.717, 1.165) is 9.77 Å². The minimum atomic E-state index is -0.816. The topological polar surface area (TPSA) is 110 Å². The van der Waals surface area contributed by atoms with Crippen molar-refractivity contribution >= 4 is 40.8 Å². The second-order valence-electron chi connectivity index (χ2n) is 7.92. The van der Waals surface area contributed by atoms with Crippen molar-refractivity contribution in [3.05, 3.63) is 58.6 Å². The van der Waals surface area contributed by atoms with E-state index in [1.807, 2.05) is 61.7 Å². The predicted octanol–water partition coefficient (Wildman–Crippen LogP) is 3.21. The molecule has 0 saturated heterocycles. The molecule has 0 radical (unpaired) electrons. The number of rotatable bonds is 12. The Kier molecular flexibility index (Phi) is 10.7. The number of amides is 3. The first-order valence-electron chi connectivity index (χ1n) is 10.5. The fourth-order valence-corrected chi connectivity index (χ4v) is 5.44. The van der Waals surface area contributed by atoms with Gasteiger partial charge in [0, 0.05) is 19.2 Å². The Morgan fingerprint density at radius 3 is 2.28 bits per heavy atom. The maximum atomic E-state index is 13.3. The molecule has 0 aliphatic carbocycles. The van der Waals surface area contributed by atoms with Gasteiger partial charge in [-0.05, 0) is 29.3 Å². The minimum absolute atomic E-state index is 0.118. The number of thiophene rings is 1. The standard InChI is InChI=1S/C23H30N3O4S2/c1-15(2)12-17(18(22(28)26-30)14-32-20-10-7-11-31-20)21(27)25-19(23(29)24-3)13-16-8-5-4-6-9-16/h4-11,15,17-19H,12-14H2,1-3H3,(H3-,24,25,26,27,28,29,30)/q-1/t17-,18+,19+/m1/s1. The molecule has 3 amide bonds. The molecule has 1 aromatic carbocycles. The van der Waals surface area contributed by atoms with Gasteiger partial charge in [0.1, 0.15) is 6.04 Å². The first-order chi connectivity index (χ1) is 15.3. The Hall–Kier alpha value is -2.36. The number of carbonyl (C=O) groups excluding carboxylic acids is 3. The number of hydroxylamine groups is 1. The van der Waals surface area contributed by atoms with Gasteiger partial charge in [-0.3, -0.25) is 14.4 Å². The van der Waals surface area contributed by atoms with E-state index in [0.29, 0.717) is 18.6 Å². The van der Waals surface area contributed by atoms with E-state index >= 15 is 0 Å². The summed E-state index contributed by atoms with van der Waals surface area (Å²) < 4.78 is 1.00. The summed E-state index contributed by atoms with van der Waals surface area (Å²) in [6, 6.07) is 12.5. The molecular weight excluding hydrogens is 446 g/mol. The van der Waals surface area contributed by atoms with Gasteiger partial charge in [-0.25, -0.2) is 0 Å². The third-order valence-electron chi connectivity index (χ3n) is 5.05. The Bertz CT molecular complexity index is 859. The summed E-state index contributed by atoms with van der Waals surface area (Å²) in [6.45, 7) is 3.91. The number of carbonyl (C=O) groups is 3. The zero-order valence-corrected chi connectivity index (χ0v) is 20.1. The Labute approximate surface area is 197 Å². The van der Waals surface area contributed by atoms with Gasteiger partial charge in [0.25, 0.3) is 0 Å². The zero-order chi connectivity index (χ0) is 23.5. The van der Waals surface area contributed by atoms with Crippen LogP contribution in [0.5, 0.6) is 0 Å².